The van der Waals surface area contributed by atoms with Gasteiger partial charge in [0.25, 0.3) is 0 Å². The van der Waals surface area contributed by atoms with Gasteiger partial charge in [-0.05, 0) is 49.1 Å². The van der Waals surface area contributed by atoms with E-state index in [1.807, 2.05) is 19.1 Å². The molecule has 2 N–H and O–H groups in total. The molecule has 0 aromatic heterocycles. The molecule has 0 radical (unpaired) electrons. The third kappa shape index (κ3) is 9.29. The monoisotopic (exact) mass is 413 g/mol. The van der Waals surface area contributed by atoms with E-state index in [9.17, 15) is 0 Å². The Labute approximate surface area is 180 Å². The average molecular weight is 414 g/mol. The predicted octanol–water partition coefficient (Wildman–Crippen LogP) is 3.55. The highest BCUT2D eigenvalue weighted by atomic mass is 16.5. The summed E-state index contributed by atoms with van der Waals surface area (Å²) in [5, 5.41) is 6.71. The van der Waals surface area contributed by atoms with E-state index in [1.165, 1.54) is 5.56 Å². The topological polar surface area (TPSA) is 64.1 Å². The Kier molecular flexibility index (Phi) is 11.4. The van der Waals surface area contributed by atoms with Crippen molar-refractivity contribution in [3.05, 3.63) is 65.2 Å². The normalized spacial score (nSPS) is 11.4. The fourth-order valence-corrected chi connectivity index (χ4v) is 2.90. The zero-order valence-corrected chi connectivity index (χ0v) is 18.4. The van der Waals surface area contributed by atoms with Crippen molar-refractivity contribution in [1.82, 2.24) is 10.6 Å². The third-order valence-corrected chi connectivity index (χ3v) is 4.47. The summed E-state index contributed by atoms with van der Waals surface area (Å²) in [5.74, 6) is 1.70. The van der Waals surface area contributed by atoms with Crippen LogP contribution >= 0.6 is 0 Å². The number of benzene rings is 2. The second kappa shape index (κ2) is 14.4. The number of hydrogen-bond donors (Lipinski definition) is 2. The van der Waals surface area contributed by atoms with E-state index in [0.717, 1.165) is 49.0 Å². The SMILES string of the molecule is CCNC(=NCc1cccc(COCCOCC)c1)NCCc1ccc(OC)cc1. The summed E-state index contributed by atoms with van der Waals surface area (Å²) in [4.78, 5) is 4.72. The second-order valence-corrected chi connectivity index (χ2v) is 6.79. The van der Waals surface area contributed by atoms with Gasteiger partial charge in [0.15, 0.2) is 5.96 Å². The highest BCUT2D eigenvalue weighted by Gasteiger charge is 2.01. The van der Waals surface area contributed by atoms with Crippen LogP contribution < -0.4 is 15.4 Å². The van der Waals surface area contributed by atoms with Crippen LogP contribution in [0.2, 0.25) is 0 Å². The molecule has 30 heavy (non-hydrogen) atoms. The van der Waals surface area contributed by atoms with Gasteiger partial charge in [-0.15, -0.1) is 0 Å². The van der Waals surface area contributed by atoms with Crippen LogP contribution in [-0.2, 0) is 29.0 Å². The first-order chi connectivity index (χ1) is 14.7. The Hall–Kier alpha value is -2.57. The summed E-state index contributed by atoms with van der Waals surface area (Å²) in [5.41, 5.74) is 3.57. The Morgan fingerprint density at radius 1 is 0.900 bits per heavy atom. The highest BCUT2D eigenvalue weighted by Crippen LogP contribution is 2.11. The molecule has 0 unspecified atom stereocenters. The van der Waals surface area contributed by atoms with E-state index in [-0.39, 0.29) is 0 Å². The molecule has 0 saturated heterocycles. The summed E-state index contributed by atoms with van der Waals surface area (Å²) in [6.07, 6.45) is 0.920. The number of rotatable bonds is 13. The Morgan fingerprint density at radius 3 is 2.40 bits per heavy atom. The van der Waals surface area contributed by atoms with E-state index in [4.69, 9.17) is 19.2 Å². The quantitative estimate of drug-likeness (QED) is 0.299. The van der Waals surface area contributed by atoms with Crippen molar-refractivity contribution >= 4 is 5.96 Å². The van der Waals surface area contributed by atoms with Crippen molar-refractivity contribution in [3.63, 3.8) is 0 Å². The molecule has 0 fully saturated rings. The Morgan fingerprint density at radius 2 is 1.67 bits per heavy atom. The molecule has 0 aliphatic carbocycles. The third-order valence-electron chi connectivity index (χ3n) is 4.47. The predicted molar refractivity (Wildman–Crippen MR) is 122 cm³/mol. The van der Waals surface area contributed by atoms with Gasteiger partial charge < -0.3 is 24.8 Å². The van der Waals surface area contributed by atoms with Gasteiger partial charge in [-0.1, -0.05) is 36.4 Å². The van der Waals surface area contributed by atoms with Gasteiger partial charge in [0.2, 0.25) is 0 Å². The lowest BCUT2D eigenvalue weighted by Gasteiger charge is -2.12. The molecular formula is C24H35N3O3. The van der Waals surface area contributed by atoms with Crippen LogP contribution in [-0.4, -0.2) is 46.0 Å². The largest absolute Gasteiger partial charge is 0.497 e. The van der Waals surface area contributed by atoms with Crippen LogP contribution in [0.25, 0.3) is 0 Å². The maximum atomic E-state index is 5.66. The average Bonchev–Trinajstić information content (AvgIpc) is 2.78. The standard InChI is InChI=1S/C24H35N3O3/c1-4-25-24(26-14-13-20-9-11-23(28-3)12-10-20)27-18-21-7-6-8-22(17-21)19-30-16-15-29-5-2/h6-12,17H,4-5,13-16,18-19H2,1-3H3,(H2,25,26,27). The molecule has 0 aliphatic heterocycles. The second-order valence-electron chi connectivity index (χ2n) is 6.79. The number of aliphatic imine (C=N–C) groups is 1. The minimum Gasteiger partial charge on any atom is -0.497 e. The first kappa shape index (κ1) is 23.7. The minimum atomic E-state index is 0.588. The van der Waals surface area contributed by atoms with E-state index >= 15 is 0 Å². The smallest absolute Gasteiger partial charge is 0.191 e. The van der Waals surface area contributed by atoms with E-state index in [2.05, 4.69) is 54.0 Å². The van der Waals surface area contributed by atoms with E-state index < -0.39 is 0 Å². The van der Waals surface area contributed by atoms with Gasteiger partial charge in [-0.25, -0.2) is 4.99 Å². The number of guanidine groups is 1. The van der Waals surface area contributed by atoms with Crippen molar-refractivity contribution in [3.8, 4) is 5.75 Å². The minimum absolute atomic E-state index is 0.588. The van der Waals surface area contributed by atoms with Gasteiger partial charge in [-0.3, -0.25) is 0 Å². The molecule has 0 atom stereocenters. The fourth-order valence-electron chi connectivity index (χ4n) is 2.90. The molecule has 0 amide bonds. The number of ether oxygens (including phenoxy) is 3. The van der Waals surface area contributed by atoms with Crippen LogP contribution in [0.3, 0.4) is 0 Å². The van der Waals surface area contributed by atoms with Gasteiger partial charge >= 0.3 is 0 Å². The maximum absolute atomic E-state index is 5.66. The van der Waals surface area contributed by atoms with Gasteiger partial charge in [-0.2, -0.15) is 0 Å². The number of methoxy groups -OCH3 is 1. The Balaban J connectivity index is 1.82. The van der Waals surface area contributed by atoms with Crippen molar-refractivity contribution in [2.24, 2.45) is 4.99 Å². The number of hydrogen-bond acceptors (Lipinski definition) is 4. The zero-order valence-electron chi connectivity index (χ0n) is 18.4. The molecule has 0 aliphatic rings. The van der Waals surface area contributed by atoms with Crippen molar-refractivity contribution in [2.75, 3.05) is 40.0 Å². The molecule has 2 aromatic carbocycles. The molecule has 2 rings (SSSR count). The first-order valence-electron chi connectivity index (χ1n) is 10.6. The van der Waals surface area contributed by atoms with Crippen LogP contribution in [0, 0.1) is 0 Å². The molecule has 6 nitrogen and oxygen atoms in total. The lowest BCUT2D eigenvalue weighted by atomic mass is 10.1. The highest BCUT2D eigenvalue weighted by molar-refractivity contribution is 5.79. The molecule has 0 heterocycles. The van der Waals surface area contributed by atoms with Crippen LogP contribution in [0.15, 0.2) is 53.5 Å². The summed E-state index contributed by atoms with van der Waals surface area (Å²) in [7, 11) is 1.68. The maximum Gasteiger partial charge on any atom is 0.191 e. The van der Waals surface area contributed by atoms with Gasteiger partial charge in [0.05, 0.1) is 33.5 Å². The lowest BCUT2D eigenvalue weighted by Crippen LogP contribution is -2.38. The molecular weight excluding hydrogens is 378 g/mol. The van der Waals surface area contributed by atoms with Crippen LogP contribution in [0.5, 0.6) is 5.75 Å². The van der Waals surface area contributed by atoms with Crippen molar-refractivity contribution < 1.29 is 14.2 Å². The van der Waals surface area contributed by atoms with Gasteiger partial charge in [0.1, 0.15) is 5.75 Å². The summed E-state index contributed by atoms with van der Waals surface area (Å²) < 4.78 is 16.2. The molecule has 164 valence electrons. The summed E-state index contributed by atoms with van der Waals surface area (Å²) in [6, 6.07) is 16.5. The number of nitrogens with zero attached hydrogens (tertiary/aromatic N) is 1. The first-order valence-corrected chi connectivity index (χ1v) is 10.6. The van der Waals surface area contributed by atoms with E-state index in [1.54, 1.807) is 7.11 Å². The molecule has 0 bridgehead atoms. The molecule has 6 heteroatoms. The Bertz CT molecular complexity index is 748. The van der Waals surface area contributed by atoms with Crippen molar-refractivity contribution in [2.45, 2.75) is 33.4 Å². The summed E-state index contributed by atoms with van der Waals surface area (Å²) in [6.45, 7) is 8.86. The van der Waals surface area contributed by atoms with Crippen LogP contribution in [0.1, 0.15) is 30.5 Å². The molecule has 2 aromatic rings. The summed E-state index contributed by atoms with van der Waals surface area (Å²) >= 11 is 0. The van der Waals surface area contributed by atoms with Crippen LogP contribution in [0.4, 0.5) is 0 Å². The van der Waals surface area contributed by atoms with E-state index in [0.29, 0.717) is 26.4 Å². The number of nitrogens with one attached hydrogen (secondary N) is 2. The molecule has 0 spiro atoms. The van der Waals surface area contributed by atoms with Gasteiger partial charge in [0, 0.05) is 19.7 Å². The van der Waals surface area contributed by atoms with Crippen molar-refractivity contribution in [1.29, 1.82) is 0 Å². The molecule has 0 saturated carbocycles. The lowest BCUT2D eigenvalue weighted by molar-refractivity contribution is 0.0453. The zero-order chi connectivity index (χ0) is 21.4. The fraction of sp³-hybridized carbons (Fsp3) is 0.458.